The van der Waals surface area contributed by atoms with E-state index in [0.29, 0.717) is 12.4 Å². The zero-order valence-corrected chi connectivity index (χ0v) is 11.6. The van der Waals surface area contributed by atoms with Gasteiger partial charge >= 0.3 is 0 Å². The fourth-order valence-corrected chi connectivity index (χ4v) is 4.31. The summed E-state index contributed by atoms with van der Waals surface area (Å²) in [6.45, 7) is 0.516. The van der Waals surface area contributed by atoms with Crippen molar-refractivity contribution in [2.75, 3.05) is 12.4 Å². The van der Waals surface area contributed by atoms with Crippen molar-refractivity contribution in [2.24, 2.45) is 0 Å². The SMILES string of the molecule is O=P(NCCCl)(c1ccccc1)c1ccccc1. The van der Waals surface area contributed by atoms with Gasteiger partial charge in [0.2, 0.25) is 7.29 Å². The van der Waals surface area contributed by atoms with Crippen LogP contribution in [0.3, 0.4) is 0 Å². The molecule has 0 aromatic heterocycles. The van der Waals surface area contributed by atoms with Crippen LogP contribution in [0.1, 0.15) is 0 Å². The molecule has 1 N–H and O–H groups in total. The second kappa shape index (κ2) is 6.19. The molecule has 94 valence electrons. The molecule has 0 spiro atoms. The maximum absolute atomic E-state index is 13.2. The predicted octanol–water partition coefficient (Wildman–Crippen LogP) is 2.74. The van der Waals surface area contributed by atoms with Crippen LogP contribution in [-0.4, -0.2) is 12.4 Å². The van der Waals surface area contributed by atoms with Crippen molar-refractivity contribution in [1.82, 2.24) is 5.09 Å². The molecule has 0 aliphatic carbocycles. The molecule has 2 aromatic carbocycles. The Morgan fingerprint density at radius 1 is 0.889 bits per heavy atom. The highest BCUT2D eigenvalue weighted by atomic mass is 35.5. The minimum Gasteiger partial charge on any atom is -0.297 e. The summed E-state index contributed by atoms with van der Waals surface area (Å²) >= 11 is 5.70. The van der Waals surface area contributed by atoms with Crippen molar-refractivity contribution in [3.8, 4) is 0 Å². The van der Waals surface area contributed by atoms with Gasteiger partial charge in [0, 0.05) is 23.0 Å². The molecule has 0 aliphatic rings. The van der Waals surface area contributed by atoms with Gasteiger partial charge in [-0.15, -0.1) is 11.6 Å². The summed E-state index contributed by atoms with van der Waals surface area (Å²) in [5, 5.41) is 4.72. The summed E-state index contributed by atoms with van der Waals surface area (Å²) in [6.07, 6.45) is 0. The van der Waals surface area contributed by atoms with Gasteiger partial charge in [0.25, 0.3) is 0 Å². The standard InChI is InChI=1S/C14H15ClNOP/c15-11-12-16-18(17,13-7-3-1-4-8-13)14-9-5-2-6-10-14/h1-10H,11-12H2,(H,16,17). The summed E-state index contributed by atoms with van der Waals surface area (Å²) in [4.78, 5) is 0. The van der Waals surface area contributed by atoms with Crippen molar-refractivity contribution < 1.29 is 4.57 Å². The van der Waals surface area contributed by atoms with E-state index in [1.54, 1.807) is 0 Å². The lowest BCUT2D eigenvalue weighted by molar-refractivity contribution is 0.579. The van der Waals surface area contributed by atoms with Crippen LogP contribution in [0.25, 0.3) is 0 Å². The fourth-order valence-electron chi connectivity index (χ4n) is 1.81. The minimum atomic E-state index is -2.78. The first-order valence-electron chi connectivity index (χ1n) is 5.80. The topological polar surface area (TPSA) is 29.1 Å². The second-order valence-corrected chi connectivity index (χ2v) is 6.82. The summed E-state index contributed by atoms with van der Waals surface area (Å²) in [5.74, 6) is 0.434. The van der Waals surface area contributed by atoms with Crippen molar-refractivity contribution in [3.63, 3.8) is 0 Å². The van der Waals surface area contributed by atoms with Crippen LogP contribution in [0.2, 0.25) is 0 Å². The number of benzene rings is 2. The molecule has 0 amide bonds. The van der Waals surface area contributed by atoms with Crippen LogP contribution in [0, 0.1) is 0 Å². The molecule has 0 aliphatic heterocycles. The largest absolute Gasteiger partial charge is 0.297 e. The van der Waals surface area contributed by atoms with Gasteiger partial charge in [0.1, 0.15) is 0 Å². The average molecular weight is 280 g/mol. The van der Waals surface area contributed by atoms with Crippen LogP contribution in [0.15, 0.2) is 60.7 Å². The second-order valence-electron chi connectivity index (χ2n) is 3.88. The molecule has 2 nitrogen and oxygen atoms in total. The van der Waals surface area contributed by atoms with Crippen molar-refractivity contribution >= 4 is 29.5 Å². The van der Waals surface area contributed by atoms with Gasteiger partial charge in [-0.1, -0.05) is 36.4 Å². The van der Waals surface area contributed by atoms with Crippen LogP contribution in [0.4, 0.5) is 0 Å². The molecule has 0 atom stereocenters. The third-order valence-corrected chi connectivity index (χ3v) is 5.58. The first kappa shape index (κ1) is 13.4. The third-order valence-electron chi connectivity index (χ3n) is 2.67. The Morgan fingerprint density at radius 3 is 1.72 bits per heavy atom. The van der Waals surface area contributed by atoms with E-state index in [1.807, 2.05) is 60.7 Å². The molecule has 0 unspecified atom stereocenters. The molecule has 2 rings (SSSR count). The van der Waals surface area contributed by atoms with Crippen molar-refractivity contribution in [2.45, 2.75) is 0 Å². The lowest BCUT2D eigenvalue weighted by Gasteiger charge is -2.20. The van der Waals surface area contributed by atoms with Crippen LogP contribution < -0.4 is 15.7 Å². The molecule has 0 radical (unpaired) electrons. The number of hydrogen-bond acceptors (Lipinski definition) is 1. The van der Waals surface area contributed by atoms with Crippen LogP contribution >= 0.6 is 18.9 Å². The summed E-state index contributed by atoms with van der Waals surface area (Å²) in [6, 6.07) is 19.0. The molecule has 0 bridgehead atoms. The quantitative estimate of drug-likeness (QED) is 0.673. The highest BCUT2D eigenvalue weighted by Crippen LogP contribution is 2.38. The number of hydrogen-bond donors (Lipinski definition) is 1. The van der Waals surface area contributed by atoms with Crippen molar-refractivity contribution in [3.05, 3.63) is 60.7 Å². The van der Waals surface area contributed by atoms with E-state index in [1.165, 1.54) is 0 Å². The van der Waals surface area contributed by atoms with Gasteiger partial charge in [-0.05, 0) is 24.3 Å². The van der Waals surface area contributed by atoms with Gasteiger partial charge in [-0.3, -0.25) is 9.65 Å². The van der Waals surface area contributed by atoms with E-state index in [4.69, 9.17) is 11.6 Å². The zero-order valence-electron chi connectivity index (χ0n) is 9.92. The van der Waals surface area contributed by atoms with Gasteiger partial charge in [0.15, 0.2) is 0 Å². The normalized spacial score (nSPS) is 11.4. The van der Waals surface area contributed by atoms with Crippen LogP contribution in [-0.2, 0) is 4.57 Å². The molecule has 0 heterocycles. The molecule has 0 fully saturated rings. The average Bonchev–Trinajstić information content (AvgIpc) is 2.46. The van der Waals surface area contributed by atoms with E-state index in [-0.39, 0.29) is 0 Å². The molecule has 2 aromatic rings. The highest BCUT2D eigenvalue weighted by Gasteiger charge is 2.25. The van der Waals surface area contributed by atoms with Gasteiger partial charge in [-0.25, -0.2) is 0 Å². The maximum Gasteiger partial charge on any atom is 0.204 e. The van der Waals surface area contributed by atoms with Crippen LogP contribution in [0.5, 0.6) is 0 Å². The van der Waals surface area contributed by atoms with Gasteiger partial charge < -0.3 is 0 Å². The third kappa shape index (κ3) is 2.84. The molecular weight excluding hydrogens is 265 g/mol. The van der Waals surface area contributed by atoms with E-state index in [2.05, 4.69) is 5.09 Å². The Hall–Kier alpha value is -1.08. The van der Waals surface area contributed by atoms with E-state index >= 15 is 0 Å². The number of nitrogens with one attached hydrogen (secondary N) is 1. The molecule has 0 saturated carbocycles. The lowest BCUT2D eigenvalue weighted by Crippen LogP contribution is -2.28. The number of halogens is 1. The zero-order chi connectivity index (χ0) is 12.8. The first-order chi connectivity index (χ1) is 8.77. The van der Waals surface area contributed by atoms with Gasteiger partial charge in [0.05, 0.1) is 0 Å². The summed E-state index contributed by atoms with van der Waals surface area (Å²) in [7, 11) is -2.78. The Bertz CT molecular complexity index is 487. The Labute approximate surface area is 112 Å². The Kier molecular flexibility index (Phi) is 4.60. The lowest BCUT2D eigenvalue weighted by atomic mass is 10.4. The molecular formula is C14H15ClNOP. The van der Waals surface area contributed by atoms with E-state index < -0.39 is 7.29 Å². The first-order valence-corrected chi connectivity index (χ1v) is 8.04. The molecule has 4 heteroatoms. The number of rotatable bonds is 5. The smallest absolute Gasteiger partial charge is 0.204 e. The van der Waals surface area contributed by atoms with E-state index in [0.717, 1.165) is 10.6 Å². The Morgan fingerprint density at radius 2 is 1.33 bits per heavy atom. The summed E-state index contributed by atoms with van der Waals surface area (Å²) in [5.41, 5.74) is 0. The van der Waals surface area contributed by atoms with Crippen molar-refractivity contribution in [1.29, 1.82) is 0 Å². The highest BCUT2D eigenvalue weighted by molar-refractivity contribution is 7.76. The molecule has 0 saturated heterocycles. The van der Waals surface area contributed by atoms with Gasteiger partial charge in [-0.2, -0.15) is 0 Å². The Balaban J connectivity index is 2.45. The number of alkyl halides is 1. The molecule has 18 heavy (non-hydrogen) atoms. The monoisotopic (exact) mass is 279 g/mol. The predicted molar refractivity (Wildman–Crippen MR) is 78.5 cm³/mol. The summed E-state index contributed by atoms with van der Waals surface area (Å²) < 4.78 is 13.2. The fraction of sp³-hybridized carbons (Fsp3) is 0.143. The maximum atomic E-state index is 13.2. The minimum absolute atomic E-state index is 0.434. The van der Waals surface area contributed by atoms with E-state index in [9.17, 15) is 4.57 Å².